The molecule has 2 aromatic heterocycles. The standard InChI is InChI=1S/C21H18N4O3/c1-14(26)15-7-9-17(10-8-15)28-13-16-12-25(23-22-16)20-11-21(27)24(2)19-6-4-3-5-18(19)20/h3-12H,13H2,1-2H3. The molecule has 0 aliphatic rings. The fraction of sp³-hybridized carbons (Fsp3) is 0.143. The highest BCUT2D eigenvalue weighted by Gasteiger charge is 2.11. The van der Waals surface area contributed by atoms with Crippen LogP contribution in [0.3, 0.4) is 0 Å². The summed E-state index contributed by atoms with van der Waals surface area (Å²) in [6.07, 6.45) is 1.74. The number of pyridine rings is 1. The molecule has 2 heterocycles. The number of aryl methyl sites for hydroxylation is 1. The normalized spacial score (nSPS) is 10.9. The summed E-state index contributed by atoms with van der Waals surface area (Å²) in [7, 11) is 1.74. The van der Waals surface area contributed by atoms with Crippen LogP contribution in [0.5, 0.6) is 5.75 Å². The van der Waals surface area contributed by atoms with Crippen LogP contribution < -0.4 is 10.3 Å². The van der Waals surface area contributed by atoms with Crippen molar-refractivity contribution in [1.82, 2.24) is 19.6 Å². The average molecular weight is 374 g/mol. The number of ketones is 1. The summed E-state index contributed by atoms with van der Waals surface area (Å²) in [4.78, 5) is 23.6. The van der Waals surface area contributed by atoms with Gasteiger partial charge in [-0.2, -0.15) is 0 Å². The molecule has 28 heavy (non-hydrogen) atoms. The van der Waals surface area contributed by atoms with Gasteiger partial charge in [-0.25, -0.2) is 4.68 Å². The maximum Gasteiger partial charge on any atom is 0.252 e. The van der Waals surface area contributed by atoms with Gasteiger partial charge < -0.3 is 9.30 Å². The maximum absolute atomic E-state index is 12.3. The molecule has 0 atom stereocenters. The van der Waals surface area contributed by atoms with E-state index >= 15 is 0 Å². The van der Waals surface area contributed by atoms with E-state index < -0.39 is 0 Å². The molecule has 0 N–H and O–H groups in total. The van der Waals surface area contributed by atoms with E-state index in [9.17, 15) is 9.59 Å². The average Bonchev–Trinajstić information content (AvgIpc) is 3.18. The van der Waals surface area contributed by atoms with Gasteiger partial charge in [0, 0.05) is 24.1 Å². The van der Waals surface area contributed by atoms with Crippen molar-refractivity contribution in [2.24, 2.45) is 7.05 Å². The minimum absolute atomic E-state index is 0.00993. The molecule has 2 aromatic carbocycles. The van der Waals surface area contributed by atoms with E-state index in [0.717, 1.165) is 10.9 Å². The van der Waals surface area contributed by atoms with Gasteiger partial charge in [0.05, 0.1) is 17.4 Å². The van der Waals surface area contributed by atoms with E-state index in [4.69, 9.17) is 4.74 Å². The number of hydrogen-bond donors (Lipinski definition) is 0. The molecule has 0 fully saturated rings. The van der Waals surface area contributed by atoms with E-state index in [0.29, 0.717) is 22.7 Å². The molecule has 0 amide bonds. The Bertz CT molecular complexity index is 1220. The Morgan fingerprint density at radius 1 is 1.11 bits per heavy atom. The summed E-state index contributed by atoms with van der Waals surface area (Å²) in [5.74, 6) is 0.648. The SMILES string of the molecule is CC(=O)c1ccc(OCc2cn(-c3cc(=O)n(C)c4ccccc34)nn2)cc1. The van der Waals surface area contributed by atoms with Gasteiger partial charge in [0.25, 0.3) is 5.56 Å². The van der Waals surface area contributed by atoms with Crippen molar-refractivity contribution in [1.29, 1.82) is 0 Å². The van der Waals surface area contributed by atoms with Crippen molar-refractivity contribution in [2.75, 3.05) is 0 Å². The third-order valence-electron chi connectivity index (χ3n) is 4.57. The predicted molar refractivity (Wildman–Crippen MR) is 105 cm³/mol. The fourth-order valence-corrected chi connectivity index (χ4v) is 3.01. The Morgan fingerprint density at radius 3 is 2.61 bits per heavy atom. The molecule has 0 aliphatic carbocycles. The maximum atomic E-state index is 12.3. The minimum atomic E-state index is -0.118. The van der Waals surface area contributed by atoms with E-state index in [2.05, 4.69) is 10.3 Å². The first-order valence-electron chi connectivity index (χ1n) is 8.77. The van der Waals surface area contributed by atoms with E-state index in [1.54, 1.807) is 52.8 Å². The molecule has 7 nitrogen and oxygen atoms in total. The molecule has 0 unspecified atom stereocenters. The first-order chi connectivity index (χ1) is 13.5. The number of rotatable bonds is 5. The highest BCUT2D eigenvalue weighted by Crippen LogP contribution is 2.20. The van der Waals surface area contributed by atoms with E-state index in [1.807, 2.05) is 24.3 Å². The van der Waals surface area contributed by atoms with Crippen molar-refractivity contribution >= 4 is 16.7 Å². The predicted octanol–water partition coefficient (Wildman–Crippen LogP) is 2.90. The third-order valence-corrected chi connectivity index (χ3v) is 4.57. The van der Waals surface area contributed by atoms with Crippen LogP contribution in [0.2, 0.25) is 0 Å². The molecule has 0 bridgehead atoms. The second-order valence-corrected chi connectivity index (χ2v) is 6.47. The first kappa shape index (κ1) is 17.7. The zero-order valence-corrected chi connectivity index (χ0v) is 15.5. The smallest absolute Gasteiger partial charge is 0.252 e. The van der Waals surface area contributed by atoms with Crippen LogP contribution in [0.15, 0.2) is 65.6 Å². The first-order valence-corrected chi connectivity index (χ1v) is 8.77. The van der Waals surface area contributed by atoms with Crippen LogP contribution in [0.4, 0.5) is 0 Å². The van der Waals surface area contributed by atoms with Crippen molar-refractivity contribution in [3.63, 3.8) is 0 Å². The number of ether oxygens (including phenoxy) is 1. The van der Waals surface area contributed by atoms with Gasteiger partial charge in [0.2, 0.25) is 0 Å². The molecule has 140 valence electrons. The summed E-state index contributed by atoms with van der Waals surface area (Å²) in [5.41, 5.74) is 2.64. The molecular weight excluding hydrogens is 356 g/mol. The highest BCUT2D eigenvalue weighted by atomic mass is 16.5. The third kappa shape index (κ3) is 3.29. The number of benzene rings is 2. The van der Waals surface area contributed by atoms with Crippen LogP contribution in [0.25, 0.3) is 16.6 Å². The van der Waals surface area contributed by atoms with Gasteiger partial charge in [-0.05, 0) is 37.3 Å². The number of nitrogens with zero attached hydrogens (tertiary/aromatic N) is 4. The monoisotopic (exact) mass is 374 g/mol. The van der Waals surface area contributed by atoms with Crippen LogP contribution in [0, 0.1) is 0 Å². The second kappa shape index (κ2) is 7.11. The van der Waals surface area contributed by atoms with Crippen molar-refractivity contribution in [2.45, 2.75) is 13.5 Å². The summed E-state index contributed by atoms with van der Waals surface area (Å²) < 4.78 is 8.90. The number of aromatic nitrogens is 4. The van der Waals surface area contributed by atoms with Gasteiger partial charge in [0.15, 0.2) is 5.78 Å². The topological polar surface area (TPSA) is 79.0 Å². The lowest BCUT2D eigenvalue weighted by molar-refractivity contribution is 0.101. The zero-order chi connectivity index (χ0) is 19.7. The minimum Gasteiger partial charge on any atom is -0.487 e. The number of carbonyl (C=O) groups is 1. The Balaban J connectivity index is 1.58. The summed E-state index contributed by atoms with van der Waals surface area (Å²) >= 11 is 0. The molecule has 0 saturated carbocycles. The molecule has 7 heteroatoms. The zero-order valence-electron chi connectivity index (χ0n) is 15.5. The van der Waals surface area contributed by atoms with Crippen LogP contribution in [0.1, 0.15) is 23.0 Å². The Kier molecular flexibility index (Phi) is 4.49. The summed E-state index contributed by atoms with van der Waals surface area (Å²) in [6.45, 7) is 1.75. The number of Topliss-reactive ketones (excluding diaryl/α,β-unsaturated/α-hetero) is 1. The van der Waals surface area contributed by atoms with E-state index in [1.165, 1.54) is 6.92 Å². The summed E-state index contributed by atoms with van der Waals surface area (Å²) in [5, 5.41) is 9.19. The van der Waals surface area contributed by atoms with Crippen LogP contribution in [-0.2, 0) is 13.7 Å². The fourth-order valence-electron chi connectivity index (χ4n) is 3.01. The lowest BCUT2D eigenvalue weighted by Crippen LogP contribution is -2.17. The lowest BCUT2D eigenvalue weighted by Gasteiger charge is -2.09. The largest absolute Gasteiger partial charge is 0.487 e. The van der Waals surface area contributed by atoms with Gasteiger partial charge in [-0.1, -0.05) is 23.4 Å². The van der Waals surface area contributed by atoms with Gasteiger partial charge >= 0.3 is 0 Å². The Hall–Kier alpha value is -3.74. The van der Waals surface area contributed by atoms with Gasteiger partial charge in [-0.3, -0.25) is 9.59 Å². The van der Waals surface area contributed by atoms with Crippen molar-refractivity contribution < 1.29 is 9.53 Å². The van der Waals surface area contributed by atoms with Crippen LogP contribution in [-0.4, -0.2) is 25.3 Å². The number of fused-ring (bicyclic) bond motifs is 1. The molecule has 0 spiro atoms. The summed E-state index contributed by atoms with van der Waals surface area (Å²) in [6, 6.07) is 16.1. The highest BCUT2D eigenvalue weighted by molar-refractivity contribution is 5.94. The van der Waals surface area contributed by atoms with Crippen LogP contribution >= 0.6 is 0 Å². The number of carbonyl (C=O) groups excluding carboxylic acids is 1. The quantitative estimate of drug-likeness (QED) is 0.502. The van der Waals surface area contributed by atoms with E-state index in [-0.39, 0.29) is 17.9 Å². The molecule has 4 rings (SSSR count). The number of para-hydroxylation sites is 1. The van der Waals surface area contributed by atoms with Crippen molar-refractivity contribution in [3.05, 3.63) is 82.4 Å². The van der Waals surface area contributed by atoms with Gasteiger partial charge in [-0.15, -0.1) is 5.10 Å². The molecule has 0 radical (unpaired) electrons. The number of hydrogen-bond acceptors (Lipinski definition) is 5. The second-order valence-electron chi connectivity index (χ2n) is 6.47. The molecular formula is C21H18N4O3. The Morgan fingerprint density at radius 2 is 1.86 bits per heavy atom. The molecule has 0 aliphatic heterocycles. The van der Waals surface area contributed by atoms with Crippen molar-refractivity contribution in [3.8, 4) is 11.4 Å². The molecule has 4 aromatic rings. The Labute approximate surface area is 160 Å². The van der Waals surface area contributed by atoms with Gasteiger partial charge in [0.1, 0.15) is 18.1 Å². The lowest BCUT2D eigenvalue weighted by atomic mass is 10.1. The molecule has 0 saturated heterocycles.